The first kappa shape index (κ1) is 17.1. The van der Waals surface area contributed by atoms with Gasteiger partial charge < -0.3 is 19.8 Å². The summed E-state index contributed by atoms with van der Waals surface area (Å²) >= 11 is 0. The molecule has 0 saturated carbocycles. The number of rotatable bonds is 5. The average Bonchev–Trinajstić information content (AvgIpc) is 3.31. The van der Waals surface area contributed by atoms with Crippen molar-refractivity contribution in [1.29, 1.82) is 0 Å². The van der Waals surface area contributed by atoms with Crippen LogP contribution >= 0.6 is 0 Å². The Bertz CT molecular complexity index is 991. The van der Waals surface area contributed by atoms with Crippen molar-refractivity contribution >= 4 is 22.8 Å². The Labute approximate surface area is 155 Å². The Balaban J connectivity index is 1.56. The van der Waals surface area contributed by atoms with E-state index in [-0.39, 0.29) is 0 Å². The van der Waals surface area contributed by atoms with E-state index in [1.54, 1.807) is 4.68 Å². The standard InChI is InChI=1S/C19H20N4O4/c1-26-19(25)16(9-12-10-20-15-6-3-2-5-13(12)15)22-17(24)14-11-21-23-7-4-8-27-18(14)23/h2-3,5-6,10-11,16,20H,4,7-9H2,1H3,(H,22,24). The minimum atomic E-state index is -0.819. The number of methoxy groups -OCH3 is 1. The molecular weight excluding hydrogens is 348 g/mol. The number of fused-ring (bicyclic) bond motifs is 2. The van der Waals surface area contributed by atoms with E-state index in [0.717, 1.165) is 22.9 Å². The van der Waals surface area contributed by atoms with Gasteiger partial charge >= 0.3 is 5.97 Å². The highest BCUT2D eigenvalue weighted by molar-refractivity contribution is 5.98. The van der Waals surface area contributed by atoms with E-state index in [1.807, 2.05) is 30.5 Å². The first-order valence-electron chi connectivity index (χ1n) is 8.79. The molecule has 1 atom stereocenters. The molecule has 1 aliphatic rings. The molecule has 27 heavy (non-hydrogen) atoms. The van der Waals surface area contributed by atoms with Gasteiger partial charge in [0.2, 0.25) is 5.88 Å². The number of esters is 1. The smallest absolute Gasteiger partial charge is 0.328 e. The van der Waals surface area contributed by atoms with Gasteiger partial charge in [-0.25, -0.2) is 9.48 Å². The molecule has 140 valence electrons. The zero-order valence-electron chi connectivity index (χ0n) is 14.9. The zero-order chi connectivity index (χ0) is 18.8. The Morgan fingerprint density at radius 1 is 1.41 bits per heavy atom. The number of carbonyl (C=O) groups excluding carboxylic acids is 2. The molecule has 0 radical (unpaired) electrons. The van der Waals surface area contributed by atoms with Crippen molar-refractivity contribution in [3.05, 3.63) is 47.8 Å². The number of H-pyrrole nitrogens is 1. The minimum absolute atomic E-state index is 0.312. The summed E-state index contributed by atoms with van der Waals surface area (Å²) in [6, 6.07) is 6.98. The van der Waals surface area contributed by atoms with Crippen LogP contribution in [0.5, 0.6) is 5.88 Å². The van der Waals surface area contributed by atoms with Crippen molar-refractivity contribution in [2.45, 2.75) is 25.4 Å². The van der Waals surface area contributed by atoms with Crippen molar-refractivity contribution in [3.8, 4) is 5.88 Å². The van der Waals surface area contributed by atoms with Gasteiger partial charge in [-0.05, 0) is 11.6 Å². The molecule has 0 aliphatic carbocycles. The fourth-order valence-electron chi connectivity index (χ4n) is 3.32. The van der Waals surface area contributed by atoms with Gasteiger partial charge in [-0.15, -0.1) is 0 Å². The highest BCUT2D eigenvalue weighted by Crippen LogP contribution is 2.23. The Morgan fingerprint density at radius 3 is 3.11 bits per heavy atom. The summed E-state index contributed by atoms with van der Waals surface area (Å²) in [5.74, 6) is -0.474. The van der Waals surface area contributed by atoms with E-state index >= 15 is 0 Å². The third-order valence-corrected chi connectivity index (χ3v) is 4.68. The number of benzene rings is 1. The maximum Gasteiger partial charge on any atom is 0.328 e. The van der Waals surface area contributed by atoms with Gasteiger partial charge in [-0.2, -0.15) is 5.10 Å². The summed E-state index contributed by atoms with van der Waals surface area (Å²) in [5, 5.41) is 7.95. The van der Waals surface area contributed by atoms with E-state index in [4.69, 9.17) is 9.47 Å². The Kier molecular flexibility index (Phi) is 4.53. The van der Waals surface area contributed by atoms with Gasteiger partial charge in [0.15, 0.2) is 0 Å². The highest BCUT2D eigenvalue weighted by atomic mass is 16.5. The van der Waals surface area contributed by atoms with Crippen molar-refractivity contribution in [3.63, 3.8) is 0 Å². The molecule has 4 rings (SSSR count). The number of hydrogen-bond acceptors (Lipinski definition) is 5. The molecule has 0 fully saturated rings. The molecule has 1 aromatic carbocycles. The maximum absolute atomic E-state index is 12.7. The number of hydrogen-bond donors (Lipinski definition) is 2. The number of aromatic nitrogens is 3. The highest BCUT2D eigenvalue weighted by Gasteiger charge is 2.27. The van der Waals surface area contributed by atoms with Crippen molar-refractivity contribution in [2.24, 2.45) is 0 Å². The molecule has 3 heterocycles. The average molecular weight is 368 g/mol. The van der Waals surface area contributed by atoms with Gasteiger partial charge in [0.05, 0.1) is 19.9 Å². The number of nitrogens with one attached hydrogen (secondary N) is 2. The molecule has 8 nitrogen and oxygen atoms in total. The topological polar surface area (TPSA) is 98.2 Å². The third-order valence-electron chi connectivity index (χ3n) is 4.68. The predicted octanol–water partition coefficient (Wildman–Crippen LogP) is 1.66. The van der Waals surface area contributed by atoms with Crippen molar-refractivity contribution < 1.29 is 19.1 Å². The predicted molar refractivity (Wildman–Crippen MR) is 97.6 cm³/mol. The van der Waals surface area contributed by atoms with Crippen LogP contribution in [0.25, 0.3) is 10.9 Å². The van der Waals surface area contributed by atoms with Crippen LogP contribution in [0.15, 0.2) is 36.7 Å². The fourth-order valence-corrected chi connectivity index (χ4v) is 3.32. The fraction of sp³-hybridized carbons (Fsp3) is 0.316. The van der Waals surface area contributed by atoms with Gasteiger partial charge in [0, 0.05) is 36.5 Å². The second kappa shape index (κ2) is 7.14. The lowest BCUT2D eigenvalue weighted by Gasteiger charge is -2.18. The lowest BCUT2D eigenvalue weighted by atomic mass is 10.0. The van der Waals surface area contributed by atoms with E-state index in [1.165, 1.54) is 13.3 Å². The number of aryl methyl sites for hydroxylation is 1. The zero-order valence-corrected chi connectivity index (χ0v) is 14.9. The van der Waals surface area contributed by atoms with Crippen LogP contribution < -0.4 is 10.1 Å². The molecule has 3 aromatic rings. The molecule has 0 bridgehead atoms. The first-order valence-corrected chi connectivity index (χ1v) is 8.79. The molecule has 2 N–H and O–H groups in total. The van der Waals surface area contributed by atoms with Gasteiger partial charge in [-0.1, -0.05) is 18.2 Å². The summed E-state index contributed by atoms with van der Waals surface area (Å²) in [5.41, 5.74) is 2.22. The van der Waals surface area contributed by atoms with Crippen LogP contribution in [0.4, 0.5) is 0 Å². The summed E-state index contributed by atoms with van der Waals surface area (Å²) in [4.78, 5) is 28.2. The lowest BCUT2D eigenvalue weighted by molar-refractivity contribution is -0.142. The van der Waals surface area contributed by atoms with E-state index in [0.29, 0.717) is 31.0 Å². The van der Waals surface area contributed by atoms with Crippen molar-refractivity contribution in [2.75, 3.05) is 13.7 Å². The van der Waals surface area contributed by atoms with Crippen LogP contribution in [-0.4, -0.2) is 46.4 Å². The van der Waals surface area contributed by atoms with E-state index in [9.17, 15) is 9.59 Å². The summed E-state index contributed by atoms with van der Waals surface area (Å²) < 4.78 is 12.1. The largest absolute Gasteiger partial charge is 0.477 e. The monoisotopic (exact) mass is 368 g/mol. The molecule has 0 saturated heterocycles. The lowest BCUT2D eigenvalue weighted by Crippen LogP contribution is -2.43. The maximum atomic E-state index is 12.7. The second-order valence-electron chi connectivity index (χ2n) is 6.40. The molecule has 1 aliphatic heterocycles. The van der Waals surface area contributed by atoms with E-state index in [2.05, 4.69) is 15.4 Å². The molecule has 1 amide bonds. The number of nitrogens with zero attached hydrogens (tertiary/aromatic N) is 2. The Morgan fingerprint density at radius 2 is 2.26 bits per heavy atom. The Hall–Kier alpha value is -3.29. The van der Waals surface area contributed by atoms with Gasteiger partial charge in [0.1, 0.15) is 11.6 Å². The van der Waals surface area contributed by atoms with Crippen LogP contribution in [0, 0.1) is 0 Å². The van der Waals surface area contributed by atoms with Crippen molar-refractivity contribution in [1.82, 2.24) is 20.1 Å². The first-order chi connectivity index (χ1) is 13.2. The molecule has 1 unspecified atom stereocenters. The third kappa shape index (κ3) is 3.25. The minimum Gasteiger partial charge on any atom is -0.477 e. The molecule has 0 spiro atoms. The quantitative estimate of drug-likeness (QED) is 0.668. The number of ether oxygens (including phenoxy) is 2. The summed E-state index contributed by atoms with van der Waals surface area (Å²) in [6.45, 7) is 1.25. The second-order valence-corrected chi connectivity index (χ2v) is 6.40. The van der Waals surface area contributed by atoms with Crippen LogP contribution in [0.1, 0.15) is 22.3 Å². The molecule has 8 heteroatoms. The summed E-state index contributed by atoms with van der Waals surface area (Å²) in [7, 11) is 1.31. The van der Waals surface area contributed by atoms with Crippen LogP contribution in [0.3, 0.4) is 0 Å². The summed E-state index contributed by atoms with van der Waals surface area (Å²) in [6.07, 6.45) is 4.47. The molecular formula is C19H20N4O4. The van der Waals surface area contributed by atoms with Crippen LogP contribution in [0.2, 0.25) is 0 Å². The molecule has 2 aromatic heterocycles. The van der Waals surface area contributed by atoms with Gasteiger partial charge in [0.25, 0.3) is 5.91 Å². The normalized spacial score (nSPS) is 14.3. The number of carbonyl (C=O) groups is 2. The van der Waals surface area contributed by atoms with Gasteiger partial charge in [-0.3, -0.25) is 4.79 Å². The number of aromatic amines is 1. The SMILES string of the molecule is COC(=O)C(Cc1c[nH]c2ccccc12)NC(=O)c1cnn2c1OCCC2. The van der Waals surface area contributed by atoms with Crippen LogP contribution in [-0.2, 0) is 22.5 Å². The van der Waals surface area contributed by atoms with E-state index < -0.39 is 17.9 Å². The number of para-hydroxylation sites is 1. The number of amides is 1.